The molecule has 0 bridgehead atoms. The molecule has 0 fully saturated rings. The van der Waals surface area contributed by atoms with E-state index in [1.54, 1.807) is 18.2 Å². The average molecular weight is 290 g/mol. The summed E-state index contributed by atoms with van der Waals surface area (Å²) >= 11 is 11.6. The van der Waals surface area contributed by atoms with Crippen molar-refractivity contribution in [1.29, 1.82) is 0 Å². The molecular weight excluding hydrogens is 273 g/mol. The van der Waals surface area contributed by atoms with Crippen molar-refractivity contribution in [2.45, 2.75) is 25.8 Å². The third kappa shape index (κ3) is 4.07. The summed E-state index contributed by atoms with van der Waals surface area (Å²) in [6, 6.07) is 4.92. The summed E-state index contributed by atoms with van der Waals surface area (Å²) in [6.07, 6.45) is 0.691. The Morgan fingerprint density at radius 3 is 2.67 bits per heavy atom. The van der Waals surface area contributed by atoms with Gasteiger partial charge in [0.05, 0.1) is 12.7 Å². The summed E-state index contributed by atoms with van der Waals surface area (Å²) in [7, 11) is 1.51. The SMILES string of the molecule is COc1cc(Cl)ccc1C(=O)NC(C)(C)CCCl. The van der Waals surface area contributed by atoms with Gasteiger partial charge in [-0.1, -0.05) is 11.6 Å². The second-order valence-electron chi connectivity index (χ2n) is 4.62. The summed E-state index contributed by atoms with van der Waals surface area (Å²) in [5.74, 6) is 0.755. The number of benzene rings is 1. The molecule has 0 unspecified atom stereocenters. The summed E-state index contributed by atoms with van der Waals surface area (Å²) in [4.78, 5) is 12.1. The van der Waals surface area contributed by atoms with Crippen molar-refractivity contribution in [2.24, 2.45) is 0 Å². The molecule has 0 heterocycles. The number of alkyl halides is 1. The van der Waals surface area contributed by atoms with Crippen molar-refractivity contribution in [3.63, 3.8) is 0 Å². The highest BCUT2D eigenvalue weighted by Crippen LogP contribution is 2.24. The Morgan fingerprint density at radius 2 is 2.11 bits per heavy atom. The zero-order chi connectivity index (χ0) is 13.8. The first-order valence-corrected chi connectivity index (χ1v) is 6.53. The van der Waals surface area contributed by atoms with Crippen molar-refractivity contribution in [1.82, 2.24) is 5.32 Å². The van der Waals surface area contributed by atoms with E-state index in [1.807, 2.05) is 13.8 Å². The smallest absolute Gasteiger partial charge is 0.255 e. The third-order valence-electron chi connectivity index (χ3n) is 2.58. The second-order valence-corrected chi connectivity index (χ2v) is 5.44. The molecule has 0 saturated heterocycles. The molecule has 0 aromatic heterocycles. The highest BCUT2D eigenvalue weighted by atomic mass is 35.5. The van der Waals surface area contributed by atoms with E-state index in [4.69, 9.17) is 27.9 Å². The Hall–Kier alpha value is -0.930. The number of rotatable bonds is 5. The maximum absolute atomic E-state index is 12.1. The van der Waals surface area contributed by atoms with Crippen molar-refractivity contribution in [3.05, 3.63) is 28.8 Å². The maximum Gasteiger partial charge on any atom is 0.255 e. The Balaban J connectivity index is 2.91. The molecule has 0 saturated carbocycles. The lowest BCUT2D eigenvalue weighted by Crippen LogP contribution is -2.43. The monoisotopic (exact) mass is 289 g/mol. The lowest BCUT2D eigenvalue weighted by Gasteiger charge is -2.25. The standard InChI is InChI=1S/C13H17Cl2NO2/c1-13(2,6-7-14)16-12(17)10-5-4-9(15)8-11(10)18-3/h4-5,8H,6-7H2,1-3H3,(H,16,17). The zero-order valence-corrected chi connectivity index (χ0v) is 12.2. The Bertz CT molecular complexity index is 433. The summed E-state index contributed by atoms with van der Waals surface area (Å²) in [6.45, 7) is 3.85. The van der Waals surface area contributed by atoms with Crippen LogP contribution in [0, 0.1) is 0 Å². The van der Waals surface area contributed by atoms with Crippen LogP contribution in [-0.2, 0) is 0 Å². The minimum atomic E-state index is -0.358. The van der Waals surface area contributed by atoms with Gasteiger partial charge in [0.1, 0.15) is 5.75 Å². The van der Waals surface area contributed by atoms with E-state index >= 15 is 0 Å². The van der Waals surface area contributed by atoms with Gasteiger partial charge in [-0.25, -0.2) is 0 Å². The summed E-state index contributed by atoms with van der Waals surface area (Å²) < 4.78 is 5.15. The van der Waals surface area contributed by atoms with Crippen LogP contribution in [0.25, 0.3) is 0 Å². The minimum Gasteiger partial charge on any atom is -0.496 e. The summed E-state index contributed by atoms with van der Waals surface area (Å²) in [5.41, 5.74) is 0.105. The predicted molar refractivity (Wildman–Crippen MR) is 74.9 cm³/mol. The molecule has 100 valence electrons. The van der Waals surface area contributed by atoms with E-state index in [2.05, 4.69) is 5.32 Å². The highest BCUT2D eigenvalue weighted by Gasteiger charge is 2.22. The van der Waals surface area contributed by atoms with E-state index in [-0.39, 0.29) is 11.4 Å². The molecule has 5 heteroatoms. The molecule has 3 nitrogen and oxygen atoms in total. The van der Waals surface area contributed by atoms with Crippen LogP contribution in [0.1, 0.15) is 30.6 Å². The summed E-state index contributed by atoms with van der Waals surface area (Å²) in [5, 5.41) is 3.45. The first-order chi connectivity index (χ1) is 8.39. The van der Waals surface area contributed by atoms with Crippen LogP contribution in [0.15, 0.2) is 18.2 Å². The molecule has 0 aliphatic rings. The van der Waals surface area contributed by atoms with Crippen LogP contribution in [0.2, 0.25) is 5.02 Å². The Kier molecular flexibility index (Phi) is 5.29. The van der Waals surface area contributed by atoms with E-state index in [0.29, 0.717) is 28.6 Å². The number of methoxy groups -OCH3 is 1. The van der Waals surface area contributed by atoms with Crippen molar-refractivity contribution in [3.8, 4) is 5.75 Å². The van der Waals surface area contributed by atoms with Gasteiger partial charge in [-0.3, -0.25) is 4.79 Å². The van der Waals surface area contributed by atoms with Crippen molar-refractivity contribution >= 4 is 29.1 Å². The number of nitrogens with one attached hydrogen (secondary N) is 1. The largest absolute Gasteiger partial charge is 0.496 e. The maximum atomic E-state index is 12.1. The van der Waals surface area contributed by atoms with Gasteiger partial charge in [-0.05, 0) is 38.5 Å². The lowest BCUT2D eigenvalue weighted by atomic mass is 10.0. The topological polar surface area (TPSA) is 38.3 Å². The molecule has 1 amide bonds. The fourth-order valence-electron chi connectivity index (χ4n) is 1.53. The number of halogens is 2. The number of carbonyl (C=O) groups excluding carboxylic acids is 1. The third-order valence-corrected chi connectivity index (χ3v) is 3.00. The van der Waals surface area contributed by atoms with Crippen LogP contribution >= 0.6 is 23.2 Å². The van der Waals surface area contributed by atoms with Gasteiger partial charge in [0.25, 0.3) is 5.91 Å². The van der Waals surface area contributed by atoms with Gasteiger partial charge in [0.2, 0.25) is 0 Å². The quantitative estimate of drug-likeness (QED) is 0.843. The molecule has 1 aromatic rings. The first-order valence-electron chi connectivity index (χ1n) is 5.61. The molecule has 0 aliphatic carbocycles. The second kappa shape index (κ2) is 6.30. The van der Waals surface area contributed by atoms with Crippen LogP contribution in [-0.4, -0.2) is 24.4 Å². The number of hydrogen-bond acceptors (Lipinski definition) is 2. The zero-order valence-electron chi connectivity index (χ0n) is 10.7. The minimum absolute atomic E-state index is 0.196. The van der Waals surface area contributed by atoms with Crippen LogP contribution in [0.4, 0.5) is 0 Å². The number of ether oxygens (including phenoxy) is 1. The highest BCUT2D eigenvalue weighted by molar-refractivity contribution is 6.30. The molecule has 1 N–H and O–H groups in total. The van der Waals surface area contributed by atoms with Gasteiger partial charge in [-0.2, -0.15) is 0 Å². The average Bonchev–Trinajstić information content (AvgIpc) is 2.27. The van der Waals surface area contributed by atoms with Crippen LogP contribution in [0.5, 0.6) is 5.75 Å². The van der Waals surface area contributed by atoms with Gasteiger partial charge in [0, 0.05) is 16.4 Å². The fraction of sp³-hybridized carbons (Fsp3) is 0.462. The Labute approximate surface area is 117 Å². The van der Waals surface area contributed by atoms with Gasteiger partial charge in [0.15, 0.2) is 0 Å². The molecular formula is C13H17Cl2NO2. The van der Waals surface area contributed by atoms with E-state index in [0.717, 1.165) is 0 Å². The van der Waals surface area contributed by atoms with E-state index < -0.39 is 0 Å². The normalized spacial score (nSPS) is 11.2. The number of amides is 1. The molecule has 0 atom stereocenters. The molecule has 0 spiro atoms. The van der Waals surface area contributed by atoms with Gasteiger partial charge in [-0.15, -0.1) is 11.6 Å². The molecule has 1 rings (SSSR count). The first kappa shape index (κ1) is 15.1. The number of hydrogen-bond donors (Lipinski definition) is 1. The van der Waals surface area contributed by atoms with Gasteiger partial charge >= 0.3 is 0 Å². The van der Waals surface area contributed by atoms with Crippen LogP contribution < -0.4 is 10.1 Å². The van der Waals surface area contributed by atoms with Crippen molar-refractivity contribution < 1.29 is 9.53 Å². The van der Waals surface area contributed by atoms with E-state index in [9.17, 15) is 4.79 Å². The fourth-order valence-corrected chi connectivity index (χ4v) is 2.16. The van der Waals surface area contributed by atoms with E-state index in [1.165, 1.54) is 7.11 Å². The number of carbonyl (C=O) groups is 1. The predicted octanol–water partition coefficient (Wildman–Crippen LogP) is 3.49. The molecule has 0 radical (unpaired) electrons. The van der Waals surface area contributed by atoms with Gasteiger partial charge < -0.3 is 10.1 Å². The molecule has 0 aliphatic heterocycles. The van der Waals surface area contributed by atoms with Crippen molar-refractivity contribution in [2.75, 3.05) is 13.0 Å². The lowest BCUT2D eigenvalue weighted by molar-refractivity contribution is 0.0908. The van der Waals surface area contributed by atoms with Crippen LogP contribution in [0.3, 0.4) is 0 Å². The molecule has 18 heavy (non-hydrogen) atoms. The molecule has 1 aromatic carbocycles. The Morgan fingerprint density at radius 1 is 1.44 bits per heavy atom.